The first kappa shape index (κ1) is 15.2. The van der Waals surface area contributed by atoms with Crippen LogP contribution in [0, 0.1) is 0 Å². The van der Waals surface area contributed by atoms with Crippen LogP contribution in [0.15, 0.2) is 18.3 Å². The van der Waals surface area contributed by atoms with Crippen molar-refractivity contribution in [3.8, 4) is 17.1 Å². The number of aryl methyl sites for hydroxylation is 1. The summed E-state index contributed by atoms with van der Waals surface area (Å²) in [6.07, 6.45) is 5.84. The quantitative estimate of drug-likeness (QED) is 0.807. The predicted molar refractivity (Wildman–Crippen MR) is 88.1 cm³/mol. The van der Waals surface area contributed by atoms with Crippen LogP contribution in [0.1, 0.15) is 55.2 Å². The van der Waals surface area contributed by atoms with Gasteiger partial charge in [-0.3, -0.25) is 4.98 Å². The third kappa shape index (κ3) is 2.37. The van der Waals surface area contributed by atoms with Crippen molar-refractivity contribution in [1.82, 2.24) is 14.8 Å². The van der Waals surface area contributed by atoms with E-state index in [1.807, 2.05) is 16.8 Å². The molecule has 6 heteroatoms. The predicted octanol–water partition coefficient (Wildman–Crippen LogP) is 3.17. The zero-order valence-corrected chi connectivity index (χ0v) is 14.0. The molecule has 1 saturated carbocycles. The maximum Gasteiger partial charge on any atom is 0.345 e. The molecule has 2 unspecified atom stereocenters. The third-order valence-corrected chi connectivity index (χ3v) is 4.79. The van der Waals surface area contributed by atoms with Crippen molar-refractivity contribution in [2.75, 3.05) is 6.61 Å². The van der Waals surface area contributed by atoms with Crippen LogP contribution in [0.3, 0.4) is 0 Å². The summed E-state index contributed by atoms with van der Waals surface area (Å²) in [5.41, 5.74) is 2.86. The molecule has 2 aromatic rings. The Kier molecular flexibility index (Phi) is 3.75. The van der Waals surface area contributed by atoms with Gasteiger partial charge in [-0.05, 0) is 38.3 Å². The second-order valence-electron chi connectivity index (χ2n) is 6.29. The molecule has 2 atom stereocenters. The van der Waals surface area contributed by atoms with Gasteiger partial charge >= 0.3 is 5.97 Å². The molecular weight excluding hydrogens is 306 g/mol. The average molecular weight is 327 g/mol. The summed E-state index contributed by atoms with van der Waals surface area (Å²) in [5, 5.41) is 4.71. The van der Waals surface area contributed by atoms with E-state index in [1.54, 1.807) is 13.1 Å². The number of carbonyl (C=O) groups is 1. The van der Waals surface area contributed by atoms with Gasteiger partial charge in [-0.15, -0.1) is 0 Å². The van der Waals surface area contributed by atoms with E-state index in [0.29, 0.717) is 29.8 Å². The zero-order chi connectivity index (χ0) is 16.7. The van der Waals surface area contributed by atoms with Crippen LogP contribution >= 0.6 is 0 Å². The highest BCUT2D eigenvalue weighted by Crippen LogP contribution is 2.44. The highest BCUT2D eigenvalue weighted by molar-refractivity contribution is 5.98. The van der Waals surface area contributed by atoms with Crippen LogP contribution < -0.4 is 4.74 Å². The van der Waals surface area contributed by atoms with E-state index in [4.69, 9.17) is 14.6 Å². The zero-order valence-electron chi connectivity index (χ0n) is 14.0. The largest absolute Gasteiger partial charge is 0.474 e. The molecule has 0 saturated heterocycles. The second kappa shape index (κ2) is 5.92. The Labute approximate surface area is 140 Å². The van der Waals surface area contributed by atoms with Gasteiger partial charge < -0.3 is 9.47 Å². The summed E-state index contributed by atoms with van der Waals surface area (Å²) in [6, 6.07) is 4.24. The maximum absolute atomic E-state index is 12.6. The summed E-state index contributed by atoms with van der Waals surface area (Å²) >= 11 is 0. The Balaban J connectivity index is 1.83. The summed E-state index contributed by atoms with van der Waals surface area (Å²) in [6.45, 7) is 4.18. The fourth-order valence-corrected chi connectivity index (χ4v) is 3.55. The number of rotatable bonds is 4. The molecule has 126 valence electrons. The third-order valence-electron chi connectivity index (χ3n) is 4.79. The van der Waals surface area contributed by atoms with E-state index in [1.165, 1.54) is 0 Å². The molecule has 1 aliphatic heterocycles. The molecule has 1 fully saturated rings. The number of carbonyl (C=O) groups excluding carboxylic acids is 1. The number of hydrogen-bond donors (Lipinski definition) is 0. The van der Waals surface area contributed by atoms with Crippen molar-refractivity contribution < 1.29 is 14.3 Å². The number of pyridine rings is 1. The molecule has 24 heavy (non-hydrogen) atoms. The fourth-order valence-electron chi connectivity index (χ4n) is 3.55. The van der Waals surface area contributed by atoms with Crippen LogP contribution in [0.4, 0.5) is 0 Å². The molecular formula is C18H21N3O3. The molecule has 2 bridgehead atoms. The van der Waals surface area contributed by atoms with Crippen molar-refractivity contribution in [2.24, 2.45) is 0 Å². The minimum absolute atomic E-state index is 0.181. The van der Waals surface area contributed by atoms with E-state index in [2.05, 4.69) is 11.9 Å². The van der Waals surface area contributed by atoms with Crippen molar-refractivity contribution in [2.45, 2.75) is 51.7 Å². The molecule has 6 nitrogen and oxygen atoms in total. The summed E-state index contributed by atoms with van der Waals surface area (Å²) in [7, 11) is 0. The first-order valence-corrected chi connectivity index (χ1v) is 8.62. The highest BCUT2D eigenvalue weighted by atomic mass is 16.5. The molecule has 1 aliphatic carbocycles. The number of aromatic nitrogens is 3. The molecule has 0 N–H and O–H groups in total. The maximum atomic E-state index is 12.6. The van der Waals surface area contributed by atoms with Crippen LogP contribution in [0.2, 0.25) is 0 Å². The molecule has 0 spiro atoms. The van der Waals surface area contributed by atoms with Crippen molar-refractivity contribution in [3.63, 3.8) is 0 Å². The molecule has 0 aromatic carbocycles. The van der Waals surface area contributed by atoms with E-state index >= 15 is 0 Å². The van der Waals surface area contributed by atoms with Gasteiger partial charge in [0, 0.05) is 23.9 Å². The number of ether oxygens (including phenoxy) is 2. The van der Waals surface area contributed by atoms with Gasteiger partial charge in [-0.1, -0.05) is 6.92 Å². The van der Waals surface area contributed by atoms with Crippen LogP contribution in [-0.4, -0.2) is 33.4 Å². The van der Waals surface area contributed by atoms with E-state index in [-0.39, 0.29) is 12.1 Å². The van der Waals surface area contributed by atoms with Gasteiger partial charge in [-0.2, -0.15) is 5.10 Å². The minimum Gasteiger partial charge on any atom is -0.474 e. The summed E-state index contributed by atoms with van der Waals surface area (Å²) < 4.78 is 13.2. The number of fused-ring (bicyclic) bond motifs is 4. The Hall–Kier alpha value is -2.37. The number of hydrogen-bond acceptors (Lipinski definition) is 5. The summed E-state index contributed by atoms with van der Waals surface area (Å²) in [5.74, 6) is 0.177. The SMILES string of the molecule is CCOC(=O)c1c(-c2ccc(CC)nc2)nn2c1OC1CCC2C1. The van der Waals surface area contributed by atoms with Gasteiger partial charge in [0.2, 0.25) is 5.88 Å². The highest BCUT2D eigenvalue weighted by Gasteiger charge is 2.40. The van der Waals surface area contributed by atoms with Gasteiger partial charge in [-0.25, -0.2) is 9.48 Å². The lowest BCUT2D eigenvalue weighted by atomic mass is 10.1. The molecule has 2 aromatic heterocycles. The van der Waals surface area contributed by atoms with Crippen LogP contribution in [0.25, 0.3) is 11.3 Å². The van der Waals surface area contributed by atoms with Gasteiger partial charge in [0.05, 0.1) is 12.6 Å². The lowest BCUT2D eigenvalue weighted by Gasteiger charge is -2.22. The monoisotopic (exact) mass is 327 g/mol. The lowest BCUT2D eigenvalue weighted by molar-refractivity contribution is 0.0515. The summed E-state index contributed by atoms with van der Waals surface area (Å²) in [4.78, 5) is 17.0. The van der Waals surface area contributed by atoms with Crippen LogP contribution in [-0.2, 0) is 11.2 Å². The van der Waals surface area contributed by atoms with Crippen molar-refractivity contribution in [3.05, 3.63) is 29.6 Å². The molecule has 0 radical (unpaired) electrons. The van der Waals surface area contributed by atoms with Gasteiger partial charge in [0.1, 0.15) is 17.4 Å². The van der Waals surface area contributed by atoms with E-state index in [9.17, 15) is 4.79 Å². The number of esters is 1. The minimum atomic E-state index is -0.380. The molecule has 2 aliphatic rings. The normalized spacial score (nSPS) is 21.2. The van der Waals surface area contributed by atoms with Crippen molar-refractivity contribution in [1.29, 1.82) is 0 Å². The van der Waals surface area contributed by atoms with Gasteiger partial charge in [0.15, 0.2) is 0 Å². The van der Waals surface area contributed by atoms with E-state index < -0.39 is 0 Å². The Morgan fingerprint density at radius 1 is 1.38 bits per heavy atom. The Morgan fingerprint density at radius 3 is 2.96 bits per heavy atom. The Bertz CT molecular complexity index is 767. The van der Waals surface area contributed by atoms with Crippen molar-refractivity contribution >= 4 is 5.97 Å². The number of nitrogens with zero attached hydrogens (tertiary/aromatic N) is 3. The topological polar surface area (TPSA) is 66.2 Å². The molecule has 3 heterocycles. The second-order valence-corrected chi connectivity index (χ2v) is 6.29. The van der Waals surface area contributed by atoms with Gasteiger partial charge in [0.25, 0.3) is 0 Å². The van der Waals surface area contributed by atoms with Crippen LogP contribution in [0.5, 0.6) is 5.88 Å². The fraction of sp³-hybridized carbons (Fsp3) is 0.500. The Morgan fingerprint density at radius 2 is 2.25 bits per heavy atom. The first-order chi connectivity index (χ1) is 11.7. The first-order valence-electron chi connectivity index (χ1n) is 8.62. The standard InChI is InChI=1S/C18H21N3O3/c1-3-12-6-5-11(10-19-12)16-15(18(22)23-4-2)17-21(20-16)13-7-8-14(9-13)24-17/h5-6,10,13-14H,3-4,7-9H2,1-2H3. The average Bonchev–Trinajstić information content (AvgIpc) is 3.18. The lowest BCUT2D eigenvalue weighted by Crippen LogP contribution is -2.23. The van der Waals surface area contributed by atoms with E-state index in [0.717, 1.165) is 36.9 Å². The molecule has 0 amide bonds. The smallest absolute Gasteiger partial charge is 0.345 e. The molecule has 4 rings (SSSR count).